The molecule has 0 unspecified atom stereocenters. The molecule has 0 radical (unpaired) electrons. The second kappa shape index (κ2) is 6.04. The van der Waals surface area contributed by atoms with Crippen molar-refractivity contribution in [2.75, 3.05) is 16.3 Å². The smallest absolute Gasteiger partial charge is 0.229 e. The van der Waals surface area contributed by atoms with E-state index in [1.807, 2.05) is 0 Å². The molecule has 2 rings (SSSR count). The molecule has 8 heteroatoms. The predicted octanol–water partition coefficient (Wildman–Crippen LogP) is 1.91. The van der Waals surface area contributed by atoms with Crippen molar-refractivity contribution >= 4 is 21.4 Å². The van der Waals surface area contributed by atoms with E-state index in [0.717, 1.165) is 11.9 Å². The van der Waals surface area contributed by atoms with Crippen LogP contribution in [0.1, 0.15) is 11.5 Å². The van der Waals surface area contributed by atoms with Crippen molar-refractivity contribution in [2.24, 2.45) is 0 Å². The summed E-state index contributed by atoms with van der Waals surface area (Å²) in [5.41, 5.74) is 1.27. The van der Waals surface area contributed by atoms with Crippen molar-refractivity contribution in [2.45, 2.75) is 13.5 Å². The zero-order chi connectivity index (χ0) is 15.5. The minimum atomic E-state index is -3.53. The lowest BCUT2D eigenvalue weighted by molar-refractivity contribution is 0.604. The number of rotatable bonds is 5. The Kier molecular flexibility index (Phi) is 4.37. The molecule has 0 spiro atoms. The average Bonchev–Trinajstić information content (AvgIpc) is 2.38. The molecule has 6 nitrogen and oxygen atoms in total. The van der Waals surface area contributed by atoms with Gasteiger partial charge in [-0.25, -0.2) is 22.8 Å². The third kappa shape index (κ3) is 4.67. The molecule has 2 aromatic rings. The fourth-order valence-electron chi connectivity index (χ4n) is 1.71. The van der Waals surface area contributed by atoms with E-state index in [2.05, 4.69) is 20.0 Å². The molecule has 112 valence electrons. The number of halogens is 1. The summed E-state index contributed by atoms with van der Waals surface area (Å²) in [6.45, 7) is 2.21. The van der Waals surface area contributed by atoms with Crippen LogP contribution in [0.15, 0.2) is 30.5 Å². The molecule has 0 atom stereocenters. The van der Waals surface area contributed by atoms with Crippen molar-refractivity contribution in [3.05, 3.63) is 47.8 Å². The lowest BCUT2D eigenvalue weighted by Gasteiger charge is -2.10. The highest BCUT2D eigenvalue weighted by molar-refractivity contribution is 7.92. The first-order chi connectivity index (χ1) is 9.83. The molecule has 0 saturated carbocycles. The van der Waals surface area contributed by atoms with Crippen molar-refractivity contribution in [3.63, 3.8) is 0 Å². The van der Waals surface area contributed by atoms with E-state index < -0.39 is 15.8 Å². The molecular formula is C13H15FN4O2S. The highest BCUT2D eigenvalue weighted by Crippen LogP contribution is 2.20. The summed E-state index contributed by atoms with van der Waals surface area (Å²) in [7, 11) is -3.53. The molecule has 0 aliphatic carbocycles. The molecule has 21 heavy (non-hydrogen) atoms. The van der Waals surface area contributed by atoms with Gasteiger partial charge in [-0.3, -0.25) is 4.72 Å². The van der Waals surface area contributed by atoms with E-state index in [4.69, 9.17) is 0 Å². The first-order valence-electron chi connectivity index (χ1n) is 6.13. The Balaban J connectivity index is 2.12. The maximum atomic E-state index is 13.5. The molecule has 0 amide bonds. The summed E-state index contributed by atoms with van der Waals surface area (Å²) in [5.74, 6) is 0.0247. The SMILES string of the molecule is Cc1nccc(CNc2ccc(F)c(NS(C)(=O)=O)c2)n1. The maximum Gasteiger partial charge on any atom is 0.229 e. The first-order valence-corrected chi connectivity index (χ1v) is 8.02. The summed E-state index contributed by atoms with van der Waals surface area (Å²) in [5, 5.41) is 3.05. The van der Waals surface area contributed by atoms with Crippen LogP contribution < -0.4 is 10.0 Å². The van der Waals surface area contributed by atoms with Gasteiger partial charge in [0.1, 0.15) is 11.6 Å². The van der Waals surface area contributed by atoms with Crippen LogP contribution in [0.4, 0.5) is 15.8 Å². The van der Waals surface area contributed by atoms with E-state index in [9.17, 15) is 12.8 Å². The molecule has 1 aromatic heterocycles. The van der Waals surface area contributed by atoms with E-state index in [0.29, 0.717) is 18.1 Å². The Bertz CT molecular complexity index is 750. The van der Waals surface area contributed by atoms with Crippen molar-refractivity contribution in [1.29, 1.82) is 0 Å². The second-order valence-electron chi connectivity index (χ2n) is 4.52. The van der Waals surface area contributed by atoms with Gasteiger partial charge in [-0.15, -0.1) is 0 Å². The number of nitrogens with zero attached hydrogens (tertiary/aromatic N) is 2. The van der Waals surface area contributed by atoms with Gasteiger partial charge < -0.3 is 5.32 Å². The van der Waals surface area contributed by atoms with Crippen LogP contribution >= 0.6 is 0 Å². The van der Waals surface area contributed by atoms with Gasteiger partial charge in [0.2, 0.25) is 10.0 Å². The number of aromatic nitrogens is 2. The van der Waals surface area contributed by atoms with Gasteiger partial charge >= 0.3 is 0 Å². The zero-order valence-corrected chi connectivity index (χ0v) is 12.4. The molecule has 2 N–H and O–H groups in total. The van der Waals surface area contributed by atoms with E-state index >= 15 is 0 Å². The highest BCUT2D eigenvalue weighted by atomic mass is 32.2. The average molecular weight is 310 g/mol. The second-order valence-corrected chi connectivity index (χ2v) is 6.27. The quantitative estimate of drug-likeness (QED) is 0.881. The Morgan fingerprint density at radius 2 is 2.05 bits per heavy atom. The summed E-state index contributed by atoms with van der Waals surface area (Å²) >= 11 is 0. The minimum Gasteiger partial charge on any atom is -0.379 e. The standard InChI is InChI=1S/C13H15FN4O2S/c1-9-15-6-5-11(17-9)8-16-10-3-4-12(14)13(7-10)18-21(2,19)20/h3-7,16,18H,8H2,1-2H3. The van der Waals surface area contributed by atoms with E-state index in [-0.39, 0.29) is 5.69 Å². The van der Waals surface area contributed by atoms with Crippen LogP contribution in [0, 0.1) is 12.7 Å². The van der Waals surface area contributed by atoms with Crippen molar-refractivity contribution in [3.8, 4) is 0 Å². The van der Waals surface area contributed by atoms with Crippen LogP contribution in [-0.2, 0) is 16.6 Å². The maximum absolute atomic E-state index is 13.5. The molecule has 0 saturated heterocycles. The van der Waals surface area contributed by atoms with Crippen LogP contribution in [0.2, 0.25) is 0 Å². The van der Waals surface area contributed by atoms with Gasteiger partial charge in [0.05, 0.1) is 24.2 Å². The van der Waals surface area contributed by atoms with Gasteiger partial charge in [-0.05, 0) is 31.2 Å². The van der Waals surface area contributed by atoms with Crippen LogP contribution in [0.3, 0.4) is 0 Å². The number of nitrogens with one attached hydrogen (secondary N) is 2. The fraction of sp³-hybridized carbons (Fsp3) is 0.231. The molecule has 1 aromatic carbocycles. The van der Waals surface area contributed by atoms with Crippen molar-refractivity contribution in [1.82, 2.24) is 9.97 Å². The molecule has 0 aliphatic heterocycles. The van der Waals surface area contributed by atoms with Crippen LogP contribution in [0.5, 0.6) is 0 Å². The molecule has 0 bridgehead atoms. The minimum absolute atomic E-state index is 0.0960. The molecule has 0 fully saturated rings. The zero-order valence-electron chi connectivity index (χ0n) is 11.6. The number of benzene rings is 1. The predicted molar refractivity (Wildman–Crippen MR) is 79.0 cm³/mol. The Morgan fingerprint density at radius 1 is 1.29 bits per heavy atom. The summed E-state index contributed by atoms with van der Waals surface area (Å²) in [4.78, 5) is 8.22. The summed E-state index contributed by atoms with van der Waals surface area (Å²) in [6, 6.07) is 5.88. The highest BCUT2D eigenvalue weighted by Gasteiger charge is 2.08. The Labute approximate surface area is 122 Å². The van der Waals surface area contributed by atoms with Crippen molar-refractivity contribution < 1.29 is 12.8 Å². The van der Waals surface area contributed by atoms with E-state index in [1.54, 1.807) is 19.2 Å². The number of hydrogen-bond donors (Lipinski definition) is 2. The molecule has 0 aliphatic rings. The summed E-state index contributed by atoms with van der Waals surface area (Å²) in [6.07, 6.45) is 2.62. The monoisotopic (exact) mass is 310 g/mol. The topological polar surface area (TPSA) is 84.0 Å². The molecular weight excluding hydrogens is 295 g/mol. The number of anilines is 2. The largest absolute Gasteiger partial charge is 0.379 e. The number of hydrogen-bond acceptors (Lipinski definition) is 5. The summed E-state index contributed by atoms with van der Waals surface area (Å²) < 4.78 is 38.0. The fourth-order valence-corrected chi connectivity index (χ4v) is 2.27. The molecule has 1 heterocycles. The Morgan fingerprint density at radius 3 is 2.71 bits per heavy atom. The van der Waals surface area contributed by atoms with Gasteiger partial charge in [-0.1, -0.05) is 0 Å². The number of aryl methyl sites for hydroxylation is 1. The first kappa shape index (κ1) is 15.2. The third-order valence-corrected chi connectivity index (χ3v) is 3.16. The van der Waals surface area contributed by atoms with Crippen LogP contribution in [-0.4, -0.2) is 24.6 Å². The number of sulfonamides is 1. The van der Waals surface area contributed by atoms with Gasteiger partial charge in [0.25, 0.3) is 0 Å². The Hall–Kier alpha value is -2.22. The van der Waals surface area contributed by atoms with Gasteiger partial charge in [0, 0.05) is 11.9 Å². The van der Waals surface area contributed by atoms with E-state index in [1.165, 1.54) is 18.2 Å². The van der Waals surface area contributed by atoms with Gasteiger partial charge in [0.15, 0.2) is 0 Å². The normalized spacial score (nSPS) is 11.2. The lowest BCUT2D eigenvalue weighted by Crippen LogP contribution is -2.11. The third-order valence-electron chi connectivity index (χ3n) is 2.57. The lowest BCUT2D eigenvalue weighted by atomic mass is 10.2. The van der Waals surface area contributed by atoms with Crippen LogP contribution in [0.25, 0.3) is 0 Å². The van der Waals surface area contributed by atoms with Gasteiger partial charge in [-0.2, -0.15) is 0 Å².